The highest BCUT2D eigenvalue weighted by Gasteiger charge is 2.38. The van der Waals surface area contributed by atoms with Gasteiger partial charge in [0.1, 0.15) is 5.76 Å². The first-order valence-electron chi connectivity index (χ1n) is 5.76. The van der Waals surface area contributed by atoms with Crippen molar-refractivity contribution in [2.75, 3.05) is 6.54 Å². The number of nitrogens with two attached hydrogens (primary N) is 1. The Hall–Kier alpha value is -1.29. The van der Waals surface area contributed by atoms with E-state index in [4.69, 9.17) is 10.2 Å². The average Bonchev–Trinajstić information content (AvgIpc) is 2.88. The fraction of sp³-hybridized carbons (Fsp3) is 0.583. The monoisotopic (exact) mass is 222 g/mol. The summed E-state index contributed by atoms with van der Waals surface area (Å²) in [6, 6.07) is 3.77. The van der Waals surface area contributed by atoms with E-state index >= 15 is 0 Å². The third kappa shape index (κ3) is 2.27. The van der Waals surface area contributed by atoms with E-state index in [0.29, 0.717) is 13.1 Å². The summed E-state index contributed by atoms with van der Waals surface area (Å²) in [6.07, 6.45) is 5.67. The number of furan rings is 1. The summed E-state index contributed by atoms with van der Waals surface area (Å²) in [4.78, 5) is 11.5. The van der Waals surface area contributed by atoms with Crippen LogP contribution in [-0.4, -0.2) is 12.5 Å². The first kappa shape index (κ1) is 11.2. The molecule has 0 aliphatic heterocycles. The Balaban J connectivity index is 1.85. The maximum Gasteiger partial charge on any atom is 0.224 e. The smallest absolute Gasteiger partial charge is 0.224 e. The molecule has 3 N–H and O–H groups in total. The average molecular weight is 222 g/mol. The molecule has 1 saturated carbocycles. The molecule has 88 valence electrons. The van der Waals surface area contributed by atoms with E-state index < -0.39 is 0 Å². The molecule has 16 heavy (non-hydrogen) atoms. The van der Waals surface area contributed by atoms with Crippen LogP contribution >= 0.6 is 0 Å². The number of amides is 1. The lowest BCUT2D eigenvalue weighted by atomic mass is 9.85. The third-order valence-electron chi connectivity index (χ3n) is 3.43. The van der Waals surface area contributed by atoms with Gasteiger partial charge in [-0.15, -0.1) is 0 Å². The fourth-order valence-corrected chi connectivity index (χ4v) is 2.40. The molecule has 0 aromatic carbocycles. The van der Waals surface area contributed by atoms with Crippen LogP contribution in [0.4, 0.5) is 0 Å². The van der Waals surface area contributed by atoms with Crippen molar-refractivity contribution in [1.29, 1.82) is 0 Å². The Morgan fingerprint density at radius 3 is 2.81 bits per heavy atom. The molecule has 4 nitrogen and oxygen atoms in total. The van der Waals surface area contributed by atoms with Crippen molar-refractivity contribution >= 4 is 5.91 Å². The minimum Gasteiger partial charge on any atom is -0.468 e. The number of hydrogen-bond donors (Lipinski definition) is 2. The summed E-state index contributed by atoms with van der Waals surface area (Å²) in [7, 11) is 0. The molecule has 1 aromatic heterocycles. The van der Waals surface area contributed by atoms with E-state index in [1.807, 2.05) is 12.1 Å². The Morgan fingerprint density at radius 2 is 2.25 bits per heavy atom. The van der Waals surface area contributed by atoms with Crippen molar-refractivity contribution in [3.8, 4) is 0 Å². The summed E-state index contributed by atoms with van der Waals surface area (Å²) in [6.45, 7) is 1.31. The van der Waals surface area contributed by atoms with Gasteiger partial charge >= 0.3 is 0 Å². The van der Waals surface area contributed by atoms with Crippen LogP contribution in [0.2, 0.25) is 0 Å². The van der Waals surface area contributed by atoms with Gasteiger partial charge in [-0.2, -0.15) is 0 Å². The van der Waals surface area contributed by atoms with Crippen LogP contribution in [0.25, 0.3) is 0 Å². The molecule has 1 aliphatic carbocycles. The third-order valence-corrected chi connectivity index (χ3v) is 3.43. The van der Waals surface area contributed by atoms with E-state index in [2.05, 4.69) is 5.32 Å². The van der Waals surface area contributed by atoms with Crippen molar-refractivity contribution in [2.45, 2.75) is 32.2 Å². The molecule has 2 rings (SSSR count). The molecule has 1 amide bonds. The van der Waals surface area contributed by atoms with Crippen LogP contribution < -0.4 is 11.1 Å². The molecule has 4 heteroatoms. The Kier molecular flexibility index (Phi) is 3.29. The first-order valence-corrected chi connectivity index (χ1v) is 5.76. The molecule has 1 fully saturated rings. The first-order chi connectivity index (χ1) is 7.73. The topological polar surface area (TPSA) is 68.3 Å². The summed E-state index contributed by atoms with van der Waals surface area (Å²) < 4.78 is 5.21. The van der Waals surface area contributed by atoms with Crippen molar-refractivity contribution < 1.29 is 9.21 Å². The molecule has 1 aromatic rings. The quantitative estimate of drug-likeness (QED) is 0.791. The van der Waals surface area contributed by atoms with Crippen LogP contribution in [0.3, 0.4) is 0 Å². The van der Waals surface area contributed by atoms with Crippen molar-refractivity contribution in [1.82, 2.24) is 5.32 Å². The zero-order chi connectivity index (χ0) is 11.4. The largest absolute Gasteiger partial charge is 0.468 e. The van der Waals surface area contributed by atoms with Crippen LogP contribution in [0, 0.1) is 5.41 Å². The zero-order valence-electron chi connectivity index (χ0n) is 9.37. The number of carbonyl (C=O) groups excluding carboxylic acids is 1. The SMILES string of the molecule is NC(=O)C1(CNCc2ccco2)CCCC1. The lowest BCUT2D eigenvalue weighted by Gasteiger charge is -2.25. The lowest BCUT2D eigenvalue weighted by Crippen LogP contribution is -2.42. The van der Waals surface area contributed by atoms with Gasteiger partial charge in [0.25, 0.3) is 0 Å². The highest BCUT2D eigenvalue weighted by Crippen LogP contribution is 2.37. The minimum atomic E-state index is -0.327. The number of hydrogen-bond acceptors (Lipinski definition) is 3. The van der Waals surface area contributed by atoms with Gasteiger partial charge in [0.15, 0.2) is 0 Å². The molecule has 0 saturated heterocycles. The maximum atomic E-state index is 11.5. The Bertz CT molecular complexity index is 340. The molecule has 0 atom stereocenters. The molecule has 1 aliphatic rings. The molecule has 0 unspecified atom stereocenters. The molecule has 0 spiro atoms. The van der Waals surface area contributed by atoms with E-state index in [1.54, 1.807) is 6.26 Å². The fourth-order valence-electron chi connectivity index (χ4n) is 2.40. The van der Waals surface area contributed by atoms with Gasteiger partial charge in [0.05, 0.1) is 18.2 Å². The van der Waals surface area contributed by atoms with E-state index in [-0.39, 0.29) is 11.3 Å². The standard InChI is InChI=1S/C12H18N2O2/c13-11(15)12(5-1-2-6-12)9-14-8-10-4-3-7-16-10/h3-4,7,14H,1-2,5-6,8-9H2,(H2,13,15). The van der Waals surface area contributed by atoms with E-state index in [0.717, 1.165) is 31.4 Å². The predicted octanol–water partition coefficient (Wildman–Crippen LogP) is 1.41. The minimum absolute atomic E-state index is 0.169. The maximum absolute atomic E-state index is 11.5. The van der Waals surface area contributed by atoms with Crippen LogP contribution in [0.5, 0.6) is 0 Å². The van der Waals surface area contributed by atoms with Crippen LogP contribution in [0.1, 0.15) is 31.4 Å². The van der Waals surface area contributed by atoms with Gasteiger partial charge in [0.2, 0.25) is 5.91 Å². The van der Waals surface area contributed by atoms with Crippen molar-refractivity contribution in [2.24, 2.45) is 11.1 Å². The molecular weight excluding hydrogens is 204 g/mol. The molecule has 0 bridgehead atoms. The van der Waals surface area contributed by atoms with Gasteiger partial charge in [-0.25, -0.2) is 0 Å². The molecule has 0 radical (unpaired) electrons. The Labute approximate surface area is 95.2 Å². The van der Waals surface area contributed by atoms with Crippen LogP contribution in [0.15, 0.2) is 22.8 Å². The van der Waals surface area contributed by atoms with E-state index in [9.17, 15) is 4.79 Å². The second kappa shape index (κ2) is 4.70. The number of rotatable bonds is 5. The van der Waals surface area contributed by atoms with Gasteiger partial charge in [-0.1, -0.05) is 12.8 Å². The normalized spacial score (nSPS) is 18.8. The summed E-state index contributed by atoms with van der Waals surface area (Å²) in [5.41, 5.74) is 5.16. The van der Waals surface area contributed by atoms with Crippen molar-refractivity contribution in [3.63, 3.8) is 0 Å². The van der Waals surface area contributed by atoms with Gasteiger partial charge in [-0.05, 0) is 25.0 Å². The summed E-state index contributed by atoms with van der Waals surface area (Å²) in [5, 5.41) is 3.26. The van der Waals surface area contributed by atoms with Gasteiger partial charge in [-0.3, -0.25) is 4.79 Å². The van der Waals surface area contributed by atoms with Crippen LogP contribution in [-0.2, 0) is 11.3 Å². The van der Waals surface area contributed by atoms with Crippen molar-refractivity contribution in [3.05, 3.63) is 24.2 Å². The van der Waals surface area contributed by atoms with E-state index in [1.165, 1.54) is 0 Å². The number of primary amides is 1. The summed E-state index contributed by atoms with van der Waals surface area (Å²) >= 11 is 0. The second-order valence-corrected chi connectivity index (χ2v) is 4.53. The Morgan fingerprint density at radius 1 is 1.50 bits per heavy atom. The van der Waals surface area contributed by atoms with Gasteiger partial charge < -0.3 is 15.5 Å². The van der Waals surface area contributed by atoms with Gasteiger partial charge in [0, 0.05) is 6.54 Å². The molecular formula is C12H18N2O2. The number of nitrogens with one attached hydrogen (secondary N) is 1. The highest BCUT2D eigenvalue weighted by atomic mass is 16.3. The second-order valence-electron chi connectivity index (χ2n) is 4.53. The number of carbonyl (C=O) groups is 1. The highest BCUT2D eigenvalue weighted by molar-refractivity contribution is 5.81. The summed E-state index contributed by atoms with van der Waals surface area (Å²) in [5.74, 6) is 0.717. The lowest BCUT2D eigenvalue weighted by molar-refractivity contribution is -0.127. The zero-order valence-corrected chi connectivity index (χ0v) is 9.37. The molecule has 1 heterocycles. The predicted molar refractivity (Wildman–Crippen MR) is 60.5 cm³/mol.